The van der Waals surface area contributed by atoms with Crippen LogP contribution in [0.2, 0.25) is 0 Å². The van der Waals surface area contributed by atoms with E-state index >= 15 is 0 Å². The third-order valence-corrected chi connectivity index (χ3v) is 1.89. The van der Waals surface area contributed by atoms with Crippen molar-refractivity contribution >= 4 is 22.2 Å². The fourth-order valence-electron chi connectivity index (χ4n) is 0.451. The number of hydrogen-bond donors (Lipinski definition) is 0. The topological polar surface area (TPSA) is 43.1 Å². The molecule has 0 aromatic carbocycles. The van der Waals surface area contributed by atoms with Crippen molar-refractivity contribution in [3.8, 4) is 0 Å². The Morgan fingerprint density at radius 2 is 2.44 bits per heavy atom. The van der Waals surface area contributed by atoms with Gasteiger partial charge in [0.15, 0.2) is 12.0 Å². The Labute approximate surface area is 60.2 Å². The van der Waals surface area contributed by atoms with Gasteiger partial charge >= 0.3 is 0 Å². The predicted octanol–water partition coefficient (Wildman–Crippen LogP) is 1.56. The van der Waals surface area contributed by atoms with Crippen molar-refractivity contribution in [1.29, 1.82) is 0 Å². The molecule has 0 atom stereocenters. The molecule has 3 nitrogen and oxygen atoms in total. The van der Waals surface area contributed by atoms with Crippen molar-refractivity contribution in [2.24, 2.45) is 0 Å². The first kappa shape index (κ1) is 6.48. The maximum atomic E-state index is 10.1. The molecule has 0 fully saturated rings. The molecule has 0 spiro atoms. The van der Waals surface area contributed by atoms with Crippen LogP contribution >= 0.6 is 15.9 Å². The van der Waals surface area contributed by atoms with Gasteiger partial charge in [-0.3, -0.25) is 4.79 Å². The molecular weight excluding hydrogens is 186 g/mol. The van der Waals surface area contributed by atoms with Crippen LogP contribution in [0.4, 0.5) is 0 Å². The highest BCUT2D eigenvalue weighted by atomic mass is 79.9. The first-order valence-corrected chi connectivity index (χ1v) is 3.12. The number of carbonyl (C=O) groups is 1. The molecule has 1 aromatic rings. The van der Waals surface area contributed by atoms with Crippen LogP contribution in [-0.4, -0.2) is 11.4 Å². The number of carbonyl (C=O) groups excluding carboxylic acids is 1. The number of aldehydes is 1. The van der Waals surface area contributed by atoms with E-state index in [1.807, 2.05) is 0 Å². The number of nitrogens with zero attached hydrogens (tertiary/aromatic N) is 1. The Balaban J connectivity index is 3.18. The summed E-state index contributed by atoms with van der Waals surface area (Å²) in [5.41, 5.74) is 0.312. The quantitative estimate of drug-likeness (QED) is 0.631. The van der Waals surface area contributed by atoms with Crippen LogP contribution in [0.3, 0.4) is 0 Å². The van der Waals surface area contributed by atoms with E-state index in [-0.39, 0.29) is 0 Å². The summed E-state index contributed by atoms with van der Waals surface area (Å²) in [6.45, 7) is 1.73. The highest BCUT2D eigenvalue weighted by Crippen LogP contribution is 2.17. The first-order valence-electron chi connectivity index (χ1n) is 2.32. The SMILES string of the molecule is Cc1onc(C=O)c1Br. The van der Waals surface area contributed by atoms with E-state index < -0.39 is 0 Å². The van der Waals surface area contributed by atoms with Gasteiger partial charge in [-0.15, -0.1) is 0 Å². The Bertz CT molecular complexity index is 231. The monoisotopic (exact) mass is 189 g/mol. The highest BCUT2D eigenvalue weighted by Gasteiger charge is 2.06. The lowest BCUT2D eigenvalue weighted by Crippen LogP contribution is -1.77. The molecule has 4 heteroatoms. The van der Waals surface area contributed by atoms with Crippen molar-refractivity contribution in [2.45, 2.75) is 6.92 Å². The summed E-state index contributed by atoms with van der Waals surface area (Å²) < 4.78 is 5.29. The number of rotatable bonds is 1. The summed E-state index contributed by atoms with van der Waals surface area (Å²) in [6, 6.07) is 0. The van der Waals surface area contributed by atoms with Crippen molar-refractivity contribution < 1.29 is 9.32 Å². The zero-order valence-corrected chi connectivity index (χ0v) is 6.31. The van der Waals surface area contributed by atoms with Crippen LogP contribution < -0.4 is 0 Å². The van der Waals surface area contributed by atoms with Gasteiger partial charge in [0.05, 0.1) is 4.47 Å². The molecule has 1 rings (SSSR count). The summed E-state index contributed by atoms with van der Waals surface area (Å²) in [7, 11) is 0. The standard InChI is InChI=1S/C5H4BrNO2/c1-3-5(6)4(2-8)7-9-3/h2H,1H3. The van der Waals surface area contributed by atoms with Crippen LogP contribution in [0.15, 0.2) is 9.00 Å². The van der Waals surface area contributed by atoms with Crippen LogP contribution in [0.5, 0.6) is 0 Å². The normalized spacial score (nSPS) is 9.56. The van der Waals surface area contributed by atoms with Crippen LogP contribution in [0.1, 0.15) is 16.2 Å². The Morgan fingerprint density at radius 1 is 1.78 bits per heavy atom. The second-order valence-electron chi connectivity index (χ2n) is 1.56. The lowest BCUT2D eigenvalue weighted by Gasteiger charge is -1.77. The lowest BCUT2D eigenvalue weighted by atomic mass is 10.4. The molecule has 0 saturated heterocycles. The third-order valence-electron chi connectivity index (χ3n) is 0.927. The molecule has 0 radical (unpaired) electrons. The Hall–Kier alpha value is -0.640. The smallest absolute Gasteiger partial charge is 0.173 e. The molecule has 0 aliphatic heterocycles. The number of aryl methyl sites for hydroxylation is 1. The van der Waals surface area contributed by atoms with E-state index in [0.717, 1.165) is 0 Å². The van der Waals surface area contributed by atoms with Gasteiger partial charge in [0.25, 0.3) is 0 Å². The number of aromatic nitrogens is 1. The number of hydrogen-bond acceptors (Lipinski definition) is 3. The minimum Gasteiger partial charge on any atom is -0.360 e. The average molecular weight is 190 g/mol. The molecule has 0 N–H and O–H groups in total. The van der Waals surface area contributed by atoms with Gasteiger partial charge in [-0.1, -0.05) is 5.16 Å². The lowest BCUT2D eigenvalue weighted by molar-refractivity contribution is 0.111. The van der Waals surface area contributed by atoms with E-state index in [4.69, 9.17) is 0 Å². The molecule has 9 heavy (non-hydrogen) atoms. The molecule has 48 valence electrons. The minimum absolute atomic E-state index is 0.312. The molecule has 0 aliphatic rings. The molecular formula is C5H4BrNO2. The third kappa shape index (κ3) is 1.03. The highest BCUT2D eigenvalue weighted by molar-refractivity contribution is 9.10. The van der Waals surface area contributed by atoms with Crippen molar-refractivity contribution in [3.63, 3.8) is 0 Å². The van der Waals surface area contributed by atoms with Crippen LogP contribution in [0, 0.1) is 6.92 Å². The predicted molar refractivity (Wildman–Crippen MR) is 34.3 cm³/mol. The van der Waals surface area contributed by atoms with Crippen LogP contribution in [-0.2, 0) is 0 Å². The van der Waals surface area contributed by atoms with Gasteiger partial charge in [0, 0.05) is 0 Å². The van der Waals surface area contributed by atoms with E-state index in [2.05, 4.69) is 25.6 Å². The fraction of sp³-hybridized carbons (Fsp3) is 0.200. The van der Waals surface area contributed by atoms with Gasteiger partial charge in [-0.2, -0.15) is 0 Å². The second kappa shape index (κ2) is 2.31. The Kier molecular flexibility index (Phi) is 1.66. The summed E-state index contributed by atoms with van der Waals surface area (Å²) in [5.74, 6) is 0.622. The van der Waals surface area contributed by atoms with E-state index in [1.165, 1.54) is 0 Å². The summed E-state index contributed by atoms with van der Waals surface area (Å²) in [4.78, 5) is 10.1. The van der Waals surface area contributed by atoms with Gasteiger partial charge in [-0.05, 0) is 22.9 Å². The summed E-state index contributed by atoms with van der Waals surface area (Å²) >= 11 is 3.12. The van der Waals surface area contributed by atoms with Crippen molar-refractivity contribution in [1.82, 2.24) is 5.16 Å². The van der Waals surface area contributed by atoms with E-state index in [9.17, 15) is 4.79 Å². The minimum atomic E-state index is 0.312. The molecule has 1 heterocycles. The Morgan fingerprint density at radius 3 is 2.67 bits per heavy atom. The van der Waals surface area contributed by atoms with Gasteiger partial charge < -0.3 is 4.52 Å². The van der Waals surface area contributed by atoms with Gasteiger partial charge in [0.2, 0.25) is 0 Å². The molecule has 0 bridgehead atoms. The molecule has 0 amide bonds. The summed E-state index contributed by atoms with van der Waals surface area (Å²) in [6.07, 6.45) is 0.639. The molecule has 1 aromatic heterocycles. The first-order chi connectivity index (χ1) is 4.25. The molecule has 0 saturated carbocycles. The largest absolute Gasteiger partial charge is 0.360 e. The van der Waals surface area contributed by atoms with Gasteiger partial charge in [0.1, 0.15) is 5.76 Å². The maximum absolute atomic E-state index is 10.1. The van der Waals surface area contributed by atoms with Crippen LogP contribution in [0.25, 0.3) is 0 Å². The van der Waals surface area contributed by atoms with E-state index in [0.29, 0.717) is 22.2 Å². The van der Waals surface area contributed by atoms with Crippen molar-refractivity contribution in [2.75, 3.05) is 0 Å². The average Bonchev–Trinajstić information content (AvgIpc) is 2.15. The maximum Gasteiger partial charge on any atom is 0.173 e. The zero-order chi connectivity index (χ0) is 6.85. The van der Waals surface area contributed by atoms with Crippen molar-refractivity contribution in [3.05, 3.63) is 15.9 Å². The number of halogens is 1. The fourth-order valence-corrected chi connectivity index (χ4v) is 0.690. The summed E-state index contributed by atoms with van der Waals surface area (Å²) in [5, 5.41) is 3.44. The molecule has 0 unspecified atom stereocenters. The van der Waals surface area contributed by atoms with E-state index in [1.54, 1.807) is 6.92 Å². The second-order valence-corrected chi connectivity index (χ2v) is 2.35. The van der Waals surface area contributed by atoms with Gasteiger partial charge in [-0.25, -0.2) is 0 Å². The molecule has 0 aliphatic carbocycles. The zero-order valence-electron chi connectivity index (χ0n) is 4.72.